The summed E-state index contributed by atoms with van der Waals surface area (Å²) in [5.41, 5.74) is 0. The fourth-order valence-electron chi connectivity index (χ4n) is 2.29. The van der Waals surface area contributed by atoms with Gasteiger partial charge in [-0.25, -0.2) is 0 Å². The van der Waals surface area contributed by atoms with Crippen molar-refractivity contribution in [3.05, 3.63) is 11.1 Å². The van der Waals surface area contributed by atoms with Gasteiger partial charge in [0.05, 0.1) is 0 Å². The van der Waals surface area contributed by atoms with Gasteiger partial charge >= 0.3 is 0 Å². The zero-order chi connectivity index (χ0) is 10.9. The molecule has 94 valence electrons. The molecule has 0 unspecified atom stereocenters. The minimum atomic E-state index is 0. The fourth-order valence-corrected chi connectivity index (χ4v) is 2.56. The van der Waals surface area contributed by atoms with Crippen LogP contribution in [0.4, 0.5) is 0 Å². The van der Waals surface area contributed by atoms with Gasteiger partial charge in [0.1, 0.15) is 6.29 Å². The summed E-state index contributed by atoms with van der Waals surface area (Å²) in [6.45, 7) is 0. The number of aldehydes is 1. The average molecular weight is 285 g/mol. The number of hydrogen-bond acceptors (Lipinski definition) is 1. The summed E-state index contributed by atoms with van der Waals surface area (Å²) >= 11 is 5.82. The van der Waals surface area contributed by atoms with E-state index >= 15 is 0 Å². The third kappa shape index (κ3) is 6.73. The Kier molecular flexibility index (Phi) is 10.5. The molecule has 0 bridgehead atoms. The van der Waals surface area contributed by atoms with Crippen LogP contribution in [0.25, 0.3) is 0 Å². The fraction of sp³-hybridized carbons (Fsp3) is 0.769. The largest absolute Gasteiger partial charge is 0.299 e. The van der Waals surface area contributed by atoms with Crippen LogP contribution in [0.3, 0.4) is 0 Å². The van der Waals surface area contributed by atoms with E-state index in [-0.39, 0.29) is 17.1 Å². The van der Waals surface area contributed by atoms with Crippen molar-refractivity contribution < 1.29 is 21.9 Å². The van der Waals surface area contributed by atoms with Gasteiger partial charge in [-0.3, -0.25) is 4.79 Å². The predicted octanol–water partition coefficient (Wildman–Crippen LogP) is 4.45. The van der Waals surface area contributed by atoms with Crippen LogP contribution in [0.2, 0.25) is 0 Å². The van der Waals surface area contributed by atoms with E-state index in [2.05, 4.69) is 0 Å². The molecule has 2 rings (SSSR count). The molecule has 3 heteroatoms. The van der Waals surface area contributed by atoms with Crippen LogP contribution in [-0.4, -0.2) is 6.29 Å². The first-order chi connectivity index (χ1) is 7.34. The van der Waals surface area contributed by atoms with Gasteiger partial charge in [0.2, 0.25) is 0 Å². The molecule has 0 N–H and O–H groups in total. The molecular weight excluding hydrogens is 263 g/mol. The maximum atomic E-state index is 10.0. The van der Waals surface area contributed by atoms with E-state index in [9.17, 15) is 4.79 Å². The average Bonchev–Trinajstić information content (AvgIpc) is 2.95. The van der Waals surface area contributed by atoms with Crippen molar-refractivity contribution in [2.75, 3.05) is 0 Å². The van der Waals surface area contributed by atoms with E-state index in [1.165, 1.54) is 51.0 Å². The summed E-state index contributed by atoms with van der Waals surface area (Å²) in [6, 6.07) is 0. The van der Waals surface area contributed by atoms with Crippen LogP contribution in [0.1, 0.15) is 57.8 Å². The summed E-state index contributed by atoms with van der Waals surface area (Å²) in [6.07, 6.45) is 14.6. The Balaban J connectivity index is 0.000000318. The third-order valence-corrected chi connectivity index (χ3v) is 3.66. The molecule has 0 aromatic heterocycles. The maximum Gasteiger partial charge on any atom is 0.144 e. The monoisotopic (exact) mass is 284 g/mol. The van der Waals surface area contributed by atoms with Crippen LogP contribution in [-0.2, 0) is 21.9 Å². The molecule has 1 nitrogen and oxygen atoms in total. The summed E-state index contributed by atoms with van der Waals surface area (Å²) < 4.78 is 0. The second-order valence-electron chi connectivity index (χ2n) is 4.44. The molecule has 2 fully saturated rings. The van der Waals surface area contributed by atoms with Crippen molar-refractivity contribution in [2.45, 2.75) is 57.8 Å². The molecule has 0 aromatic carbocycles. The standard InChI is InChI=1S/C8H11ClO.C5H10.Fe/c9-8(5-6-10)7-3-1-2-4-7;1-2-4-5-3-1;/h5-7H,1-4H2;1-5H2;/b8-5-;;. The number of carbonyl (C=O) groups excluding carboxylic acids is 1. The topological polar surface area (TPSA) is 17.1 Å². The molecule has 2 saturated carbocycles. The molecule has 0 amide bonds. The normalized spacial score (nSPS) is 20.9. The number of carbonyl (C=O) groups is 1. The Labute approximate surface area is 114 Å². The second-order valence-corrected chi connectivity index (χ2v) is 4.87. The minimum absolute atomic E-state index is 0. The van der Waals surface area contributed by atoms with E-state index in [4.69, 9.17) is 11.6 Å². The van der Waals surface area contributed by atoms with Gasteiger partial charge in [0, 0.05) is 22.1 Å². The first-order valence-corrected chi connectivity index (χ1v) is 6.53. The zero-order valence-electron chi connectivity index (χ0n) is 9.74. The van der Waals surface area contributed by atoms with Crippen LogP contribution in [0.15, 0.2) is 11.1 Å². The van der Waals surface area contributed by atoms with Crippen molar-refractivity contribution in [1.29, 1.82) is 0 Å². The molecule has 0 spiro atoms. The number of halogens is 1. The Hall–Kier alpha value is 0.219. The van der Waals surface area contributed by atoms with E-state index in [1.54, 1.807) is 0 Å². The molecular formula is C13H21ClFeO. The summed E-state index contributed by atoms with van der Waals surface area (Å²) in [5, 5.41) is 0.743. The smallest absolute Gasteiger partial charge is 0.144 e. The van der Waals surface area contributed by atoms with Crippen molar-refractivity contribution >= 4 is 17.9 Å². The van der Waals surface area contributed by atoms with Gasteiger partial charge in [0.15, 0.2) is 0 Å². The Morgan fingerprint density at radius 1 is 0.938 bits per heavy atom. The van der Waals surface area contributed by atoms with Gasteiger partial charge in [-0.2, -0.15) is 0 Å². The van der Waals surface area contributed by atoms with E-state index in [1.807, 2.05) is 0 Å². The SMILES string of the molecule is C1CCCC1.O=C/C=C(\Cl)C1CCCC1.[Fe]. The molecule has 0 atom stereocenters. The summed E-state index contributed by atoms with van der Waals surface area (Å²) in [7, 11) is 0. The van der Waals surface area contributed by atoms with Crippen LogP contribution >= 0.6 is 11.6 Å². The maximum absolute atomic E-state index is 10.0. The first-order valence-electron chi connectivity index (χ1n) is 6.15. The Morgan fingerprint density at radius 3 is 1.75 bits per heavy atom. The minimum Gasteiger partial charge on any atom is -0.299 e. The summed E-state index contributed by atoms with van der Waals surface area (Å²) in [4.78, 5) is 10.0. The molecule has 0 radical (unpaired) electrons. The molecule has 0 aliphatic heterocycles. The Morgan fingerprint density at radius 2 is 1.38 bits per heavy atom. The predicted molar refractivity (Wildman–Crippen MR) is 65.0 cm³/mol. The van der Waals surface area contributed by atoms with E-state index in [0.29, 0.717) is 5.92 Å². The third-order valence-electron chi connectivity index (χ3n) is 3.22. The van der Waals surface area contributed by atoms with Gasteiger partial charge in [0.25, 0.3) is 0 Å². The zero-order valence-corrected chi connectivity index (χ0v) is 11.6. The van der Waals surface area contributed by atoms with Crippen LogP contribution in [0.5, 0.6) is 0 Å². The molecule has 0 aromatic rings. The molecule has 2 aliphatic carbocycles. The molecule has 16 heavy (non-hydrogen) atoms. The van der Waals surface area contributed by atoms with Crippen molar-refractivity contribution in [3.8, 4) is 0 Å². The van der Waals surface area contributed by atoms with Crippen molar-refractivity contribution in [3.63, 3.8) is 0 Å². The number of hydrogen-bond donors (Lipinski definition) is 0. The van der Waals surface area contributed by atoms with E-state index < -0.39 is 0 Å². The van der Waals surface area contributed by atoms with Crippen molar-refractivity contribution in [2.24, 2.45) is 5.92 Å². The molecule has 0 saturated heterocycles. The van der Waals surface area contributed by atoms with Crippen LogP contribution < -0.4 is 0 Å². The van der Waals surface area contributed by atoms with Gasteiger partial charge in [-0.15, -0.1) is 0 Å². The van der Waals surface area contributed by atoms with Gasteiger partial charge in [-0.1, -0.05) is 56.5 Å². The number of rotatable bonds is 2. The number of allylic oxidation sites excluding steroid dienone is 2. The molecule has 2 aliphatic rings. The van der Waals surface area contributed by atoms with Crippen molar-refractivity contribution in [1.82, 2.24) is 0 Å². The van der Waals surface area contributed by atoms with E-state index in [0.717, 1.165) is 24.2 Å². The second kappa shape index (κ2) is 10.4. The van der Waals surface area contributed by atoms with Gasteiger partial charge < -0.3 is 0 Å². The summed E-state index contributed by atoms with van der Waals surface area (Å²) in [5.74, 6) is 0.479. The van der Waals surface area contributed by atoms with Crippen LogP contribution in [0, 0.1) is 5.92 Å². The van der Waals surface area contributed by atoms with Gasteiger partial charge in [-0.05, 0) is 24.8 Å². The first kappa shape index (κ1) is 16.2. The quantitative estimate of drug-likeness (QED) is 0.416. The molecule has 0 heterocycles. The Bertz CT molecular complexity index is 198.